The van der Waals surface area contributed by atoms with Gasteiger partial charge in [-0.15, -0.1) is 0 Å². The molecule has 1 saturated heterocycles. The molecule has 29 heavy (non-hydrogen) atoms. The average Bonchev–Trinajstić information content (AvgIpc) is 3.18. The molecule has 0 aromatic heterocycles. The summed E-state index contributed by atoms with van der Waals surface area (Å²) >= 11 is 0. The molecule has 2 rings (SSSR count). The number of amides is 1. The van der Waals surface area contributed by atoms with Gasteiger partial charge in [0.05, 0.1) is 24.8 Å². The van der Waals surface area contributed by atoms with E-state index in [-0.39, 0.29) is 36.4 Å². The molecule has 0 bridgehead atoms. The topological polar surface area (TPSA) is 66.0 Å². The first-order chi connectivity index (χ1) is 13.7. The number of carbonyl (C=O) groups is 1. The standard InChI is InChI=1S/C20H29F3N4O2/c1-4-24-19(26-13-18(28)27-9-5-6-10-27)25-12-15-7-8-16(29-14(2)3)11-17(15)20(21,22)23/h7-8,11,14H,4-6,9-10,12-13H2,1-3H3,(H2,24,25,26). The Morgan fingerprint density at radius 2 is 1.93 bits per heavy atom. The van der Waals surface area contributed by atoms with Crippen molar-refractivity contribution in [2.75, 3.05) is 26.2 Å². The molecule has 1 amide bonds. The van der Waals surface area contributed by atoms with E-state index in [0.717, 1.165) is 32.0 Å². The van der Waals surface area contributed by atoms with Gasteiger partial charge in [0.25, 0.3) is 0 Å². The number of rotatable bonds is 7. The van der Waals surface area contributed by atoms with Crippen LogP contribution in [0.4, 0.5) is 13.2 Å². The molecular formula is C20H29F3N4O2. The molecule has 162 valence electrons. The molecular weight excluding hydrogens is 385 g/mol. The average molecular weight is 414 g/mol. The predicted molar refractivity (Wildman–Crippen MR) is 106 cm³/mol. The van der Waals surface area contributed by atoms with E-state index in [1.54, 1.807) is 18.7 Å². The number of nitrogens with one attached hydrogen (secondary N) is 2. The van der Waals surface area contributed by atoms with Crippen molar-refractivity contribution in [1.82, 2.24) is 15.5 Å². The summed E-state index contributed by atoms with van der Waals surface area (Å²) in [5.74, 6) is 0.427. The molecule has 2 N–H and O–H groups in total. The Hall–Kier alpha value is -2.45. The summed E-state index contributed by atoms with van der Waals surface area (Å²) < 4.78 is 45.8. The van der Waals surface area contributed by atoms with Gasteiger partial charge in [-0.2, -0.15) is 13.2 Å². The van der Waals surface area contributed by atoms with Crippen LogP contribution < -0.4 is 15.4 Å². The molecule has 1 heterocycles. The zero-order valence-corrected chi connectivity index (χ0v) is 17.1. The van der Waals surface area contributed by atoms with E-state index in [2.05, 4.69) is 15.6 Å². The Labute approximate surface area is 169 Å². The highest BCUT2D eigenvalue weighted by atomic mass is 19.4. The molecule has 1 fully saturated rings. The van der Waals surface area contributed by atoms with Crippen LogP contribution in [0, 0.1) is 0 Å². The van der Waals surface area contributed by atoms with Crippen LogP contribution in [0.3, 0.4) is 0 Å². The first-order valence-electron chi connectivity index (χ1n) is 9.87. The number of benzene rings is 1. The number of nitrogens with zero attached hydrogens (tertiary/aromatic N) is 2. The number of carbonyl (C=O) groups excluding carboxylic acids is 1. The van der Waals surface area contributed by atoms with E-state index in [9.17, 15) is 18.0 Å². The van der Waals surface area contributed by atoms with Gasteiger partial charge in [0.2, 0.25) is 5.91 Å². The summed E-state index contributed by atoms with van der Waals surface area (Å²) in [6.07, 6.45) is -2.75. The Morgan fingerprint density at radius 3 is 2.52 bits per heavy atom. The Bertz CT molecular complexity index is 714. The van der Waals surface area contributed by atoms with E-state index in [4.69, 9.17) is 4.74 Å². The first kappa shape index (κ1) is 22.8. The number of alkyl halides is 3. The van der Waals surface area contributed by atoms with Gasteiger partial charge in [-0.25, -0.2) is 4.99 Å². The van der Waals surface area contributed by atoms with Gasteiger partial charge in [-0.3, -0.25) is 4.79 Å². The van der Waals surface area contributed by atoms with Crippen molar-refractivity contribution >= 4 is 11.9 Å². The molecule has 0 atom stereocenters. The lowest BCUT2D eigenvalue weighted by molar-refractivity contribution is -0.138. The third-order valence-electron chi connectivity index (χ3n) is 4.38. The molecule has 1 aliphatic rings. The minimum Gasteiger partial charge on any atom is -0.491 e. The number of aliphatic imine (C=N–C) groups is 1. The largest absolute Gasteiger partial charge is 0.491 e. The quantitative estimate of drug-likeness (QED) is 0.531. The minimum atomic E-state index is -4.52. The Morgan fingerprint density at radius 1 is 1.24 bits per heavy atom. The van der Waals surface area contributed by atoms with Gasteiger partial charge in [0.15, 0.2) is 5.96 Å². The monoisotopic (exact) mass is 414 g/mol. The maximum atomic E-state index is 13.5. The van der Waals surface area contributed by atoms with Crippen molar-refractivity contribution in [1.29, 1.82) is 0 Å². The second-order valence-electron chi connectivity index (χ2n) is 7.12. The molecule has 1 aromatic carbocycles. The van der Waals surface area contributed by atoms with Crippen molar-refractivity contribution in [2.45, 2.75) is 52.4 Å². The number of guanidine groups is 1. The first-order valence-corrected chi connectivity index (χ1v) is 9.87. The Balaban J connectivity index is 2.11. The minimum absolute atomic E-state index is 0.0386. The van der Waals surface area contributed by atoms with Crippen LogP contribution in [0.5, 0.6) is 5.75 Å². The van der Waals surface area contributed by atoms with Crippen molar-refractivity contribution in [3.63, 3.8) is 0 Å². The summed E-state index contributed by atoms with van der Waals surface area (Å²) in [6, 6.07) is 3.89. The SMILES string of the molecule is CCNC(=NCc1ccc(OC(C)C)cc1C(F)(F)F)NCC(=O)N1CCCC1. The highest BCUT2D eigenvalue weighted by molar-refractivity contribution is 5.86. The van der Waals surface area contributed by atoms with Crippen LogP contribution in [-0.4, -0.2) is 49.0 Å². The molecule has 1 aliphatic heterocycles. The molecule has 9 heteroatoms. The van der Waals surface area contributed by atoms with Gasteiger partial charge in [-0.05, 0) is 51.3 Å². The smallest absolute Gasteiger partial charge is 0.416 e. The van der Waals surface area contributed by atoms with Crippen LogP contribution >= 0.6 is 0 Å². The third-order valence-corrected chi connectivity index (χ3v) is 4.38. The van der Waals surface area contributed by atoms with Gasteiger partial charge in [-0.1, -0.05) is 6.07 Å². The highest BCUT2D eigenvalue weighted by Crippen LogP contribution is 2.35. The maximum absolute atomic E-state index is 13.5. The van der Waals surface area contributed by atoms with Gasteiger partial charge in [0, 0.05) is 19.6 Å². The van der Waals surface area contributed by atoms with Crippen molar-refractivity contribution in [3.05, 3.63) is 29.3 Å². The predicted octanol–water partition coefficient (Wildman–Crippen LogP) is 3.17. The fraction of sp³-hybridized carbons (Fsp3) is 0.600. The summed E-state index contributed by atoms with van der Waals surface area (Å²) in [5, 5.41) is 5.86. The fourth-order valence-electron chi connectivity index (χ4n) is 3.05. The van der Waals surface area contributed by atoms with Gasteiger partial charge < -0.3 is 20.3 Å². The molecule has 0 aliphatic carbocycles. The summed E-state index contributed by atoms with van der Waals surface area (Å²) in [5.41, 5.74) is -0.736. The Kier molecular flexibility index (Phi) is 8.16. The zero-order chi connectivity index (χ0) is 21.4. The van der Waals surface area contributed by atoms with Crippen molar-refractivity contribution in [3.8, 4) is 5.75 Å². The van der Waals surface area contributed by atoms with Crippen LogP contribution in [0.1, 0.15) is 44.7 Å². The van der Waals surface area contributed by atoms with Gasteiger partial charge in [0.1, 0.15) is 5.75 Å². The molecule has 0 spiro atoms. The molecule has 0 unspecified atom stereocenters. The number of ether oxygens (including phenoxy) is 1. The molecule has 0 radical (unpaired) electrons. The third kappa shape index (κ3) is 7.14. The van der Waals surface area contributed by atoms with Crippen molar-refractivity contribution < 1.29 is 22.7 Å². The van der Waals surface area contributed by atoms with Crippen LogP contribution in [0.25, 0.3) is 0 Å². The second kappa shape index (κ2) is 10.4. The second-order valence-corrected chi connectivity index (χ2v) is 7.12. The molecule has 0 saturated carbocycles. The summed E-state index contributed by atoms with van der Waals surface area (Å²) in [4.78, 5) is 18.2. The number of halogens is 3. The van der Waals surface area contributed by atoms with Crippen LogP contribution in [0.15, 0.2) is 23.2 Å². The van der Waals surface area contributed by atoms with E-state index < -0.39 is 11.7 Å². The van der Waals surface area contributed by atoms with Crippen LogP contribution in [-0.2, 0) is 17.5 Å². The summed E-state index contributed by atoms with van der Waals surface area (Å²) in [6.45, 7) is 7.24. The lowest BCUT2D eigenvalue weighted by Gasteiger charge is -2.18. The fourth-order valence-corrected chi connectivity index (χ4v) is 3.05. The van der Waals surface area contributed by atoms with Crippen molar-refractivity contribution in [2.24, 2.45) is 4.99 Å². The van der Waals surface area contributed by atoms with Gasteiger partial charge >= 0.3 is 6.18 Å². The molecule has 1 aromatic rings. The normalized spacial score (nSPS) is 15.0. The lowest BCUT2D eigenvalue weighted by atomic mass is 10.1. The highest BCUT2D eigenvalue weighted by Gasteiger charge is 2.33. The van der Waals surface area contributed by atoms with E-state index in [0.29, 0.717) is 12.5 Å². The number of likely N-dealkylation sites (tertiary alicyclic amines) is 1. The maximum Gasteiger partial charge on any atom is 0.416 e. The number of hydrogen-bond donors (Lipinski definition) is 2. The number of hydrogen-bond acceptors (Lipinski definition) is 3. The van der Waals surface area contributed by atoms with E-state index in [1.807, 2.05) is 6.92 Å². The zero-order valence-electron chi connectivity index (χ0n) is 17.1. The molecule has 6 nitrogen and oxygen atoms in total. The van der Waals surface area contributed by atoms with Crippen LogP contribution in [0.2, 0.25) is 0 Å². The van der Waals surface area contributed by atoms with E-state index in [1.165, 1.54) is 12.1 Å². The summed E-state index contributed by atoms with van der Waals surface area (Å²) in [7, 11) is 0. The van der Waals surface area contributed by atoms with E-state index >= 15 is 0 Å². The lowest BCUT2D eigenvalue weighted by Crippen LogP contribution is -2.44.